The minimum atomic E-state index is -0.177. The van der Waals surface area contributed by atoms with Crippen LogP contribution in [0.1, 0.15) is 36.8 Å². The van der Waals surface area contributed by atoms with Gasteiger partial charge in [0.15, 0.2) is 5.96 Å². The largest absolute Gasteiger partial charge is 0.375 e. The highest BCUT2D eigenvalue weighted by Crippen LogP contribution is 2.21. The third-order valence-corrected chi connectivity index (χ3v) is 6.74. The van der Waals surface area contributed by atoms with E-state index in [1.165, 1.54) is 11.1 Å². The number of hydrogen-bond donors (Lipinski definition) is 2. The summed E-state index contributed by atoms with van der Waals surface area (Å²) in [7, 11) is 1.83. The molecule has 33 heavy (non-hydrogen) atoms. The van der Waals surface area contributed by atoms with Crippen LogP contribution >= 0.6 is 24.0 Å². The molecular weight excluding hydrogens is 533 g/mol. The Bertz CT molecular complexity index is 802. The van der Waals surface area contributed by atoms with Crippen LogP contribution in [0.15, 0.2) is 29.3 Å². The normalized spacial score (nSPS) is 26.6. The molecular formula is C24H38IN5O3. The summed E-state index contributed by atoms with van der Waals surface area (Å²) < 4.78 is 11.8. The molecule has 3 heterocycles. The number of likely N-dealkylation sites (tertiary alicyclic amines) is 1. The average molecular weight is 572 g/mol. The van der Waals surface area contributed by atoms with Crippen LogP contribution in [0.2, 0.25) is 0 Å². The summed E-state index contributed by atoms with van der Waals surface area (Å²) in [5, 5.41) is 3.52. The van der Waals surface area contributed by atoms with E-state index in [9.17, 15) is 4.79 Å². The summed E-state index contributed by atoms with van der Waals surface area (Å²) in [5.74, 6) is 0.704. The number of primary amides is 1. The van der Waals surface area contributed by atoms with Crippen molar-refractivity contribution >= 4 is 35.8 Å². The van der Waals surface area contributed by atoms with E-state index in [1.54, 1.807) is 0 Å². The Morgan fingerprint density at radius 1 is 1.12 bits per heavy atom. The first-order chi connectivity index (χ1) is 15.6. The topological polar surface area (TPSA) is 92.4 Å². The van der Waals surface area contributed by atoms with Crippen LogP contribution in [0, 0.1) is 5.92 Å². The molecule has 1 aromatic carbocycles. The van der Waals surface area contributed by atoms with E-state index in [4.69, 9.17) is 15.2 Å². The van der Waals surface area contributed by atoms with Crippen molar-refractivity contribution < 1.29 is 14.3 Å². The number of amides is 1. The van der Waals surface area contributed by atoms with E-state index in [2.05, 4.69) is 44.4 Å². The SMILES string of the molecule is CN=C(NCc1cccc(CN2CCCC(C(N)=O)C2)c1)N1CCOC(C2CCCO2)C1.I. The van der Waals surface area contributed by atoms with Crippen molar-refractivity contribution in [3.63, 3.8) is 0 Å². The quantitative estimate of drug-likeness (QED) is 0.308. The summed E-state index contributed by atoms with van der Waals surface area (Å²) in [4.78, 5) is 20.7. The van der Waals surface area contributed by atoms with Gasteiger partial charge in [-0.3, -0.25) is 14.7 Å². The summed E-state index contributed by atoms with van der Waals surface area (Å²) in [6.07, 6.45) is 4.45. The second-order valence-electron chi connectivity index (χ2n) is 9.10. The van der Waals surface area contributed by atoms with Gasteiger partial charge in [0.1, 0.15) is 6.10 Å². The van der Waals surface area contributed by atoms with Gasteiger partial charge in [0.2, 0.25) is 5.91 Å². The molecule has 3 unspecified atom stereocenters. The van der Waals surface area contributed by atoms with Crippen LogP contribution in [-0.2, 0) is 27.4 Å². The number of nitrogens with two attached hydrogens (primary N) is 1. The number of piperidine rings is 1. The zero-order valence-corrected chi connectivity index (χ0v) is 21.9. The van der Waals surface area contributed by atoms with Gasteiger partial charge < -0.3 is 25.4 Å². The van der Waals surface area contributed by atoms with Gasteiger partial charge >= 0.3 is 0 Å². The highest BCUT2D eigenvalue weighted by molar-refractivity contribution is 14.0. The summed E-state index contributed by atoms with van der Waals surface area (Å²) in [6.45, 7) is 6.51. The number of guanidine groups is 1. The predicted octanol–water partition coefficient (Wildman–Crippen LogP) is 1.96. The standard InChI is InChI=1S/C24H37N5O3.HI/c1-26-24(29-10-12-32-22(17-29)21-8-4-11-31-21)27-14-18-5-2-6-19(13-18)15-28-9-3-7-20(16-28)23(25)30;/h2,5-6,13,20-22H,3-4,7-12,14-17H2,1H3,(H2,25,30)(H,26,27);1H. The van der Waals surface area contributed by atoms with Gasteiger partial charge in [-0.1, -0.05) is 24.3 Å². The fraction of sp³-hybridized carbons (Fsp3) is 0.667. The lowest BCUT2D eigenvalue weighted by Crippen LogP contribution is -2.53. The number of morpholine rings is 1. The molecule has 3 aliphatic heterocycles. The smallest absolute Gasteiger partial charge is 0.221 e. The first-order valence-electron chi connectivity index (χ1n) is 11.9. The first kappa shape index (κ1) is 26.2. The number of halogens is 1. The van der Waals surface area contributed by atoms with Crippen molar-refractivity contribution in [1.82, 2.24) is 15.1 Å². The van der Waals surface area contributed by atoms with E-state index in [0.29, 0.717) is 13.2 Å². The molecule has 3 fully saturated rings. The maximum absolute atomic E-state index is 11.6. The highest BCUT2D eigenvalue weighted by atomic mass is 127. The molecule has 3 saturated heterocycles. The molecule has 0 aliphatic carbocycles. The molecule has 3 atom stereocenters. The minimum Gasteiger partial charge on any atom is -0.375 e. The number of hydrogen-bond acceptors (Lipinski definition) is 5. The van der Waals surface area contributed by atoms with E-state index in [-0.39, 0.29) is 48.0 Å². The van der Waals surface area contributed by atoms with E-state index in [0.717, 1.165) is 71.0 Å². The Balaban J connectivity index is 0.00000306. The third-order valence-electron chi connectivity index (χ3n) is 6.74. The van der Waals surface area contributed by atoms with Gasteiger partial charge in [-0.05, 0) is 43.4 Å². The molecule has 3 N–H and O–H groups in total. The van der Waals surface area contributed by atoms with Crippen molar-refractivity contribution in [1.29, 1.82) is 0 Å². The number of carbonyl (C=O) groups excluding carboxylic acids is 1. The Morgan fingerprint density at radius 3 is 2.70 bits per heavy atom. The Kier molecular flexibility index (Phi) is 10.2. The second-order valence-corrected chi connectivity index (χ2v) is 9.10. The van der Waals surface area contributed by atoms with E-state index < -0.39 is 0 Å². The van der Waals surface area contributed by atoms with Crippen LogP contribution < -0.4 is 11.1 Å². The molecule has 184 valence electrons. The minimum absolute atomic E-state index is 0. The molecule has 1 aromatic rings. The molecule has 9 heteroatoms. The summed E-state index contributed by atoms with van der Waals surface area (Å²) in [6, 6.07) is 8.64. The highest BCUT2D eigenvalue weighted by Gasteiger charge is 2.32. The number of carbonyl (C=O) groups is 1. The van der Waals surface area contributed by atoms with E-state index >= 15 is 0 Å². The second kappa shape index (κ2) is 12.9. The van der Waals surface area contributed by atoms with Gasteiger partial charge in [-0.15, -0.1) is 24.0 Å². The Morgan fingerprint density at radius 2 is 1.94 bits per heavy atom. The first-order valence-corrected chi connectivity index (χ1v) is 11.9. The molecule has 8 nitrogen and oxygen atoms in total. The molecule has 1 amide bonds. The maximum atomic E-state index is 11.6. The number of aliphatic imine (C=N–C) groups is 1. The van der Waals surface area contributed by atoms with Crippen LogP contribution in [-0.4, -0.2) is 80.3 Å². The van der Waals surface area contributed by atoms with Crippen molar-refractivity contribution in [3.8, 4) is 0 Å². The van der Waals surface area contributed by atoms with Crippen LogP contribution in [0.3, 0.4) is 0 Å². The maximum Gasteiger partial charge on any atom is 0.221 e. The number of ether oxygens (including phenoxy) is 2. The Hall–Kier alpha value is -1.43. The van der Waals surface area contributed by atoms with Gasteiger partial charge in [0.05, 0.1) is 18.6 Å². The van der Waals surface area contributed by atoms with Crippen molar-refractivity contribution in [2.24, 2.45) is 16.6 Å². The predicted molar refractivity (Wildman–Crippen MR) is 140 cm³/mol. The van der Waals surface area contributed by atoms with Crippen LogP contribution in [0.25, 0.3) is 0 Å². The van der Waals surface area contributed by atoms with Crippen molar-refractivity contribution in [3.05, 3.63) is 35.4 Å². The lowest BCUT2D eigenvalue weighted by atomic mass is 9.97. The summed E-state index contributed by atoms with van der Waals surface area (Å²) >= 11 is 0. The molecule has 0 radical (unpaired) electrons. The van der Waals surface area contributed by atoms with Crippen molar-refractivity contribution in [2.75, 3.05) is 46.4 Å². The molecule has 0 saturated carbocycles. The molecule has 0 aromatic heterocycles. The average Bonchev–Trinajstić information content (AvgIpc) is 3.35. The van der Waals surface area contributed by atoms with Crippen molar-refractivity contribution in [2.45, 2.75) is 51.0 Å². The van der Waals surface area contributed by atoms with Crippen LogP contribution in [0.5, 0.6) is 0 Å². The monoisotopic (exact) mass is 571 g/mol. The Labute approximate surface area is 214 Å². The van der Waals surface area contributed by atoms with Gasteiger partial charge in [-0.25, -0.2) is 0 Å². The lowest BCUT2D eigenvalue weighted by Gasteiger charge is -2.37. The van der Waals surface area contributed by atoms with E-state index in [1.807, 2.05) is 7.05 Å². The zero-order chi connectivity index (χ0) is 22.3. The fourth-order valence-electron chi connectivity index (χ4n) is 5.03. The summed E-state index contributed by atoms with van der Waals surface area (Å²) in [5.41, 5.74) is 8.01. The number of nitrogens with one attached hydrogen (secondary N) is 1. The fourth-order valence-corrected chi connectivity index (χ4v) is 5.03. The lowest BCUT2D eigenvalue weighted by molar-refractivity contribution is -0.123. The molecule has 3 aliphatic rings. The number of nitrogens with zero attached hydrogens (tertiary/aromatic N) is 3. The third kappa shape index (κ3) is 7.27. The zero-order valence-electron chi connectivity index (χ0n) is 19.6. The molecule has 0 spiro atoms. The molecule has 4 rings (SSSR count). The van der Waals surface area contributed by atoms with Gasteiger partial charge in [-0.2, -0.15) is 0 Å². The van der Waals surface area contributed by atoms with Gasteiger partial charge in [0.25, 0.3) is 0 Å². The number of benzene rings is 1. The number of rotatable bonds is 6. The van der Waals surface area contributed by atoms with Gasteiger partial charge in [0, 0.05) is 46.4 Å². The van der Waals surface area contributed by atoms with Crippen LogP contribution in [0.4, 0.5) is 0 Å². The molecule has 0 bridgehead atoms.